The van der Waals surface area contributed by atoms with Gasteiger partial charge in [-0.3, -0.25) is 9.59 Å². The molecule has 0 aromatic heterocycles. The van der Waals surface area contributed by atoms with Crippen LogP contribution in [0.25, 0.3) is 0 Å². The molecule has 1 aliphatic carbocycles. The van der Waals surface area contributed by atoms with Crippen molar-refractivity contribution in [3.63, 3.8) is 0 Å². The minimum absolute atomic E-state index is 0.0995. The summed E-state index contributed by atoms with van der Waals surface area (Å²) in [5.41, 5.74) is 5.00. The molecule has 5 nitrogen and oxygen atoms in total. The van der Waals surface area contributed by atoms with Gasteiger partial charge in [-0.15, -0.1) is 0 Å². The van der Waals surface area contributed by atoms with Gasteiger partial charge in [-0.2, -0.15) is 0 Å². The second kappa shape index (κ2) is 5.69. The lowest BCUT2D eigenvalue weighted by Gasteiger charge is -2.29. The number of nitrogens with one attached hydrogen (secondary N) is 1. The van der Waals surface area contributed by atoms with Crippen molar-refractivity contribution in [3.8, 4) is 0 Å². The Labute approximate surface area is 108 Å². The van der Waals surface area contributed by atoms with Gasteiger partial charge >= 0.3 is 5.97 Å². The molecule has 0 aliphatic heterocycles. The van der Waals surface area contributed by atoms with Crippen LogP contribution in [0.5, 0.6) is 0 Å². The van der Waals surface area contributed by atoms with Crippen molar-refractivity contribution < 1.29 is 14.7 Å². The third-order valence-corrected chi connectivity index (χ3v) is 4.32. The number of nitrogens with two attached hydrogens (primary N) is 1. The average molecular weight is 256 g/mol. The van der Waals surface area contributed by atoms with Gasteiger partial charge in [0.2, 0.25) is 5.91 Å². The van der Waals surface area contributed by atoms with Crippen molar-refractivity contribution in [1.29, 1.82) is 0 Å². The monoisotopic (exact) mass is 256 g/mol. The number of carbonyl (C=O) groups is 2. The molecule has 1 saturated carbocycles. The SMILES string of the molecule is CCC(C)[C@H](N)C(=O)NC1CCCC1(C)C(=O)O. The number of hydrogen-bond donors (Lipinski definition) is 3. The number of hydrogen-bond acceptors (Lipinski definition) is 3. The van der Waals surface area contributed by atoms with Crippen LogP contribution in [-0.2, 0) is 9.59 Å². The number of carboxylic acids is 1. The predicted octanol–water partition coefficient (Wildman–Crippen LogP) is 1.12. The second-order valence-electron chi connectivity index (χ2n) is 5.59. The molecule has 1 rings (SSSR count). The van der Waals surface area contributed by atoms with E-state index < -0.39 is 17.4 Å². The molecule has 3 unspecified atom stereocenters. The molecule has 0 saturated heterocycles. The van der Waals surface area contributed by atoms with Crippen LogP contribution in [0.1, 0.15) is 46.5 Å². The summed E-state index contributed by atoms with van der Waals surface area (Å²) >= 11 is 0. The van der Waals surface area contributed by atoms with Gasteiger partial charge in [0, 0.05) is 6.04 Å². The fraction of sp³-hybridized carbons (Fsp3) is 0.846. The Morgan fingerprint density at radius 3 is 2.67 bits per heavy atom. The molecule has 1 aliphatic rings. The molecule has 0 spiro atoms. The summed E-state index contributed by atoms with van der Waals surface area (Å²) in [7, 11) is 0. The third-order valence-electron chi connectivity index (χ3n) is 4.32. The minimum atomic E-state index is -0.856. The number of rotatable bonds is 5. The third kappa shape index (κ3) is 2.83. The zero-order valence-corrected chi connectivity index (χ0v) is 11.4. The first-order chi connectivity index (χ1) is 8.32. The van der Waals surface area contributed by atoms with Crippen molar-refractivity contribution in [1.82, 2.24) is 5.32 Å². The van der Waals surface area contributed by atoms with E-state index in [9.17, 15) is 14.7 Å². The normalized spacial score (nSPS) is 30.8. The Balaban J connectivity index is 2.67. The molecule has 0 radical (unpaired) electrons. The Morgan fingerprint density at radius 2 is 2.17 bits per heavy atom. The first kappa shape index (κ1) is 15.0. The zero-order valence-electron chi connectivity index (χ0n) is 11.4. The highest BCUT2D eigenvalue weighted by molar-refractivity contribution is 5.84. The summed E-state index contributed by atoms with van der Waals surface area (Å²) in [6.45, 7) is 5.60. The Morgan fingerprint density at radius 1 is 1.56 bits per heavy atom. The molecule has 0 heterocycles. The van der Waals surface area contributed by atoms with E-state index >= 15 is 0 Å². The summed E-state index contributed by atoms with van der Waals surface area (Å²) in [4.78, 5) is 23.3. The average Bonchev–Trinajstić information content (AvgIpc) is 2.70. The van der Waals surface area contributed by atoms with Gasteiger partial charge in [0.25, 0.3) is 0 Å². The molecule has 4 N–H and O–H groups in total. The van der Waals surface area contributed by atoms with Crippen LogP contribution in [-0.4, -0.2) is 29.1 Å². The maximum Gasteiger partial charge on any atom is 0.311 e. The lowest BCUT2D eigenvalue weighted by molar-refractivity contribution is -0.149. The van der Waals surface area contributed by atoms with Gasteiger partial charge < -0.3 is 16.2 Å². The molecule has 1 amide bonds. The molecule has 104 valence electrons. The molecule has 0 aromatic carbocycles. The van der Waals surface area contributed by atoms with E-state index in [1.165, 1.54) is 0 Å². The van der Waals surface area contributed by atoms with Gasteiger partial charge in [0.15, 0.2) is 0 Å². The summed E-state index contributed by atoms with van der Waals surface area (Å²) in [6.07, 6.45) is 2.97. The largest absolute Gasteiger partial charge is 0.481 e. The standard InChI is InChI=1S/C13H24N2O3/c1-4-8(2)10(14)11(16)15-9-6-5-7-13(9,3)12(17)18/h8-10H,4-7,14H2,1-3H3,(H,15,16)(H,17,18)/t8?,9?,10-,13?/m0/s1. The van der Waals surface area contributed by atoms with Crippen LogP contribution in [0, 0.1) is 11.3 Å². The number of aliphatic carboxylic acids is 1. The second-order valence-corrected chi connectivity index (χ2v) is 5.59. The first-order valence-electron chi connectivity index (χ1n) is 6.62. The Bertz CT molecular complexity index is 332. The van der Waals surface area contributed by atoms with Crippen LogP contribution in [0.3, 0.4) is 0 Å². The Kier molecular flexibility index (Phi) is 4.73. The molecular formula is C13H24N2O3. The van der Waals surface area contributed by atoms with Gasteiger partial charge in [-0.25, -0.2) is 0 Å². The highest BCUT2D eigenvalue weighted by Crippen LogP contribution is 2.38. The molecule has 1 fully saturated rings. The topological polar surface area (TPSA) is 92.4 Å². The number of carbonyl (C=O) groups excluding carboxylic acids is 1. The van der Waals surface area contributed by atoms with Gasteiger partial charge in [-0.1, -0.05) is 26.7 Å². The summed E-state index contributed by atoms with van der Waals surface area (Å²) in [5.74, 6) is -0.978. The Hall–Kier alpha value is -1.10. The van der Waals surface area contributed by atoms with Crippen molar-refractivity contribution in [2.45, 2.75) is 58.5 Å². The summed E-state index contributed by atoms with van der Waals surface area (Å²) in [6, 6.07) is -0.869. The van der Waals surface area contributed by atoms with Crippen LogP contribution in [0.2, 0.25) is 0 Å². The smallest absolute Gasteiger partial charge is 0.311 e. The van der Waals surface area contributed by atoms with Crippen molar-refractivity contribution in [3.05, 3.63) is 0 Å². The summed E-state index contributed by atoms with van der Waals surface area (Å²) in [5, 5.41) is 12.1. The maximum atomic E-state index is 12.0. The van der Waals surface area contributed by atoms with E-state index in [0.29, 0.717) is 12.8 Å². The van der Waals surface area contributed by atoms with E-state index in [1.807, 2.05) is 13.8 Å². The highest BCUT2D eigenvalue weighted by Gasteiger charge is 2.46. The fourth-order valence-electron chi connectivity index (χ4n) is 2.43. The fourth-order valence-corrected chi connectivity index (χ4v) is 2.43. The van der Waals surface area contributed by atoms with Crippen molar-refractivity contribution >= 4 is 11.9 Å². The van der Waals surface area contributed by atoms with Crippen LogP contribution in [0.4, 0.5) is 0 Å². The van der Waals surface area contributed by atoms with Crippen molar-refractivity contribution in [2.24, 2.45) is 17.1 Å². The molecule has 18 heavy (non-hydrogen) atoms. The molecule has 0 aromatic rings. The van der Waals surface area contributed by atoms with Crippen LogP contribution in [0.15, 0.2) is 0 Å². The van der Waals surface area contributed by atoms with Gasteiger partial charge in [0.1, 0.15) is 0 Å². The van der Waals surface area contributed by atoms with E-state index in [0.717, 1.165) is 12.8 Å². The molecule has 4 atom stereocenters. The number of amides is 1. The molecule has 5 heteroatoms. The van der Waals surface area contributed by atoms with Crippen LogP contribution >= 0.6 is 0 Å². The van der Waals surface area contributed by atoms with Crippen molar-refractivity contribution in [2.75, 3.05) is 0 Å². The van der Waals surface area contributed by atoms with Crippen LogP contribution < -0.4 is 11.1 Å². The van der Waals surface area contributed by atoms with Gasteiger partial charge in [0.05, 0.1) is 11.5 Å². The minimum Gasteiger partial charge on any atom is -0.481 e. The van der Waals surface area contributed by atoms with Gasteiger partial charge in [-0.05, 0) is 25.7 Å². The molecule has 0 bridgehead atoms. The van der Waals surface area contributed by atoms with E-state index in [-0.39, 0.29) is 17.9 Å². The summed E-state index contributed by atoms with van der Waals surface area (Å²) < 4.78 is 0. The number of carboxylic acid groups (broad SMARTS) is 1. The molecular weight excluding hydrogens is 232 g/mol. The van der Waals surface area contributed by atoms with E-state index in [4.69, 9.17) is 5.73 Å². The highest BCUT2D eigenvalue weighted by atomic mass is 16.4. The zero-order chi connectivity index (χ0) is 13.9. The first-order valence-corrected chi connectivity index (χ1v) is 6.62. The van der Waals surface area contributed by atoms with E-state index in [2.05, 4.69) is 5.32 Å². The lowest BCUT2D eigenvalue weighted by Crippen LogP contribution is -2.53. The maximum absolute atomic E-state index is 12.0. The van der Waals surface area contributed by atoms with E-state index in [1.54, 1.807) is 6.92 Å². The quantitative estimate of drug-likeness (QED) is 0.687. The predicted molar refractivity (Wildman–Crippen MR) is 69.0 cm³/mol. The lowest BCUT2D eigenvalue weighted by atomic mass is 9.84.